The molecule has 1 aromatic carbocycles. The van der Waals surface area contributed by atoms with E-state index >= 15 is 0 Å². The van der Waals surface area contributed by atoms with Crippen molar-refractivity contribution in [3.05, 3.63) is 35.5 Å². The Hall–Kier alpha value is -1.65. The first-order valence-electron chi connectivity index (χ1n) is 5.18. The number of nitrogens with one attached hydrogen (secondary N) is 1. The van der Waals surface area contributed by atoms with Gasteiger partial charge in [0.05, 0.1) is 17.2 Å². The van der Waals surface area contributed by atoms with Crippen LogP contribution >= 0.6 is 11.6 Å². The fraction of sp³-hybridized carbons (Fsp3) is 0.167. The number of anilines is 1. The maximum absolute atomic E-state index is 11.6. The summed E-state index contributed by atoms with van der Waals surface area (Å²) < 4.78 is 0. The van der Waals surface area contributed by atoms with Gasteiger partial charge in [0.25, 0.3) is 0 Å². The summed E-state index contributed by atoms with van der Waals surface area (Å²) in [6.45, 7) is 1.62. The molecule has 1 amide bonds. The normalized spacial score (nSPS) is 12.4. The zero-order valence-corrected chi connectivity index (χ0v) is 10.0. The molecule has 4 nitrogen and oxygen atoms in total. The van der Waals surface area contributed by atoms with Crippen LogP contribution in [0.4, 0.5) is 5.69 Å². The molecule has 0 aliphatic carbocycles. The van der Waals surface area contributed by atoms with E-state index in [9.17, 15) is 4.79 Å². The van der Waals surface area contributed by atoms with Gasteiger partial charge in [0, 0.05) is 16.6 Å². The standard InChI is InChI=1S/C12H12ClN3O/c1-7(14)12(17)16-10-6-9(13)5-8-3-2-4-15-11(8)10/h2-7H,14H2,1H3,(H,16,17)/t7-/m1/s1. The molecule has 0 spiro atoms. The highest BCUT2D eigenvalue weighted by Gasteiger charge is 2.11. The number of rotatable bonds is 2. The quantitative estimate of drug-likeness (QED) is 0.857. The number of pyridine rings is 1. The predicted molar refractivity (Wildman–Crippen MR) is 69.0 cm³/mol. The monoisotopic (exact) mass is 249 g/mol. The first-order valence-corrected chi connectivity index (χ1v) is 5.56. The van der Waals surface area contributed by atoms with E-state index in [4.69, 9.17) is 17.3 Å². The molecule has 0 bridgehead atoms. The van der Waals surface area contributed by atoms with E-state index in [0.717, 1.165) is 5.39 Å². The Labute approximate surface area is 104 Å². The largest absolute Gasteiger partial charge is 0.323 e. The zero-order valence-electron chi connectivity index (χ0n) is 9.27. The van der Waals surface area contributed by atoms with E-state index in [1.54, 1.807) is 25.3 Å². The van der Waals surface area contributed by atoms with E-state index in [1.807, 2.05) is 12.1 Å². The lowest BCUT2D eigenvalue weighted by Gasteiger charge is -2.10. The van der Waals surface area contributed by atoms with Crippen LogP contribution < -0.4 is 11.1 Å². The highest BCUT2D eigenvalue weighted by atomic mass is 35.5. The summed E-state index contributed by atoms with van der Waals surface area (Å²) in [5.74, 6) is -0.265. The highest BCUT2D eigenvalue weighted by Crippen LogP contribution is 2.26. The summed E-state index contributed by atoms with van der Waals surface area (Å²) >= 11 is 5.98. The maximum atomic E-state index is 11.6. The fourth-order valence-electron chi connectivity index (χ4n) is 1.50. The average Bonchev–Trinajstić information content (AvgIpc) is 2.28. The van der Waals surface area contributed by atoms with Crippen LogP contribution in [-0.2, 0) is 4.79 Å². The number of hydrogen-bond donors (Lipinski definition) is 2. The second-order valence-electron chi connectivity index (χ2n) is 3.81. The molecule has 0 fully saturated rings. The summed E-state index contributed by atoms with van der Waals surface area (Å²) in [4.78, 5) is 15.8. The molecular formula is C12H12ClN3O. The lowest BCUT2D eigenvalue weighted by Crippen LogP contribution is -2.32. The smallest absolute Gasteiger partial charge is 0.241 e. The molecule has 0 unspecified atom stereocenters. The number of halogens is 1. The summed E-state index contributed by atoms with van der Waals surface area (Å²) in [6.07, 6.45) is 1.66. The Morgan fingerprint density at radius 1 is 1.53 bits per heavy atom. The van der Waals surface area contributed by atoms with E-state index in [0.29, 0.717) is 16.2 Å². The Kier molecular flexibility index (Phi) is 3.26. The predicted octanol–water partition coefficient (Wildman–Crippen LogP) is 2.17. The molecular weight excluding hydrogens is 238 g/mol. The molecule has 17 heavy (non-hydrogen) atoms. The highest BCUT2D eigenvalue weighted by molar-refractivity contribution is 6.32. The van der Waals surface area contributed by atoms with Crippen LogP contribution in [-0.4, -0.2) is 16.9 Å². The van der Waals surface area contributed by atoms with Crippen LogP contribution in [0, 0.1) is 0 Å². The number of aromatic nitrogens is 1. The Morgan fingerprint density at radius 3 is 3.00 bits per heavy atom. The molecule has 5 heteroatoms. The molecule has 2 rings (SSSR count). The molecule has 1 heterocycles. The van der Waals surface area contributed by atoms with Crippen LogP contribution in [0.15, 0.2) is 30.5 Å². The van der Waals surface area contributed by atoms with E-state index in [2.05, 4.69) is 10.3 Å². The molecule has 3 N–H and O–H groups in total. The molecule has 0 aliphatic heterocycles. The van der Waals surface area contributed by atoms with Gasteiger partial charge >= 0.3 is 0 Å². The molecule has 0 saturated heterocycles. The van der Waals surface area contributed by atoms with Gasteiger partial charge in [-0.15, -0.1) is 0 Å². The van der Waals surface area contributed by atoms with Crippen LogP contribution in [0.3, 0.4) is 0 Å². The number of carbonyl (C=O) groups excluding carboxylic acids is 1. The molecule has 0 saturated carbocycles. The topological polar surface area (TPSA) is 68.0 Å². The third-order valence-corrected chi connectivity index (χ3v) is 2.56. The summed E-state index contributed by atoms with van der Waals surface area (Å²) in [5, 5.41) is 4.14. The number of nitrogens with two attached hydrogens (primary N) is 1. The summed E-state index contributed by atoms with van der Waals surface area (Å²) in [6, 6.07) is 6.58. The van der Waals surface area contributed by atoms with E-state index < -0.39 is 6.04 Å². The molecule has 0 radical (unpaired) electrons. The van der Waals surface area contributed by atoms with E-state index in [-0.39, 0.29) is 5.91 Å². The van der Waals surface area contributed by atoms with Gasteiger partial charge in [0.1, 0.15) is 0 Å². The van der Waals surface area contributed by atoms with Crippen LogP contribution in [0.25, 0.3) is 10.9 Å². The first-order chi connectivity index (χ1) is 8.08. The number of amides is 1. The minimum Gasteiger partial charge on any atom is -0.323 e. The molecule has 2 aromatic rings. The van der Waals surface area contributed by atoms with Crippen molar-refractivity contribution in [2.75, 3.05) is 5.32 Å². The van der Waals surface area contributed by atoms with Gasteiger partial charge in [-0.05, 0) is 25.1 Å². The van der Waals surface area contributed by atoms with Gasteiger partial charge in [0.15, 0.2) is 0 Å². The van der Waals surface area contributed by atoms with Gasteiger partial charge in [-0.3, -0.25) is 9.78 Å². The minimum atomic E-state index is -0.576. The van der Waals surface area contributed by atoms with Crippen LogP contribution in [0.1, 0.15) is 6.92 Å². The third-order valence-electron chi connectivity index (χ3n) is 2.34. The Morgan fingerprint density at radius 2 is 2.29 bits per heavy atom. The number of carbonyl (C=O) groups is 1. The van der Waals surface area contributed by atoms with Gasteiger partial charge < -0.3 is 11.1 Å². The van der Waals surface area contributed by atoms with Crippen molar-refractivity contribution in [3.8, 4) is 0 Å². The van der Waals surface area contributed by atoms with Crippen molar-refractivity contribution in [2.45, 2.75) is 13.0 Å². The van der Waals surface area contributed by atoms with E-state index in [1.165, 1.54) is 0 Å². The second-order valence-corrected chi connectivity index (χ2v) is 4.24. The summed E-state index contributed by atoms with van der Waals surface area (Å²) in [7, 11) is 0. The molecule has 0 aliphatic rings. The van der Waals surface area contributed by atoms with Gasteiger partial charge in [-0.1, -0.05) is 17.7 Å². The number of nitrogens with zero attached hydrogens (tertiary/aromatic N) is 1. The fourth-order valence-corrected chi connectivity index (χ4v) is 1.72. The number of fused-ring (bicyclic) bond motifs is 1. The van der Waals surface area contributed by atoms with Gasteiger partial charge in [-0.2, -0.15) is 0 Å². The first kappa shape index (κ1) is 11.8. The minimum absolute atomic E-state index is 0.265. The van der Waals surface area contributed by atoms with Gasteiger partial charge in [0.2, 0.25) is 5.91 Å². The van der Waals surface area contributed by atoms with Gasteiger partial charge in [-0.25, -0.2) is 0 Å². The zero-order chi connectivity index (χ0) is 12.4. The number of benzene rings is 1. The lowest BCUT2D eigenvalue weighted by molar-refractivity contribution is -0.117. The van der Waals surface area contributed by atoms with Crippen LogP contribution in [0.2, 0.25) is 5.02 Å². The van der Waals surface area contributed by atoms with Crippen molar-refractivity contribution < 1.29 is 4.79 Å². The maximum Gasteiger partial charge on any atom is 0.241 e. The van der Waals surface area contributed by atoms with Crippen molar-refractivity contribution in [1.82, 2.24) is 4.98 Å². The van der Waals surface area contributed by atoms with Crippen molar-refractivity contribution in [3.63, 3.8) is 0 Å². The molecule has 1 atom stereocenters. The Balaban J connectivity index is 2.49. The van der Waals surface area contributed by atoms with Crippen molar-refractivity contribution in [2.24, 2.45) is 5.73 Å². The Bertz CT molecular complexity index is 569. The molecule has 1 aromatic heterocycles. The SMILES string of the molecule is C[C@@H](N)C(=O)Nc1cc(Cl)cc2cccnc12. The van der Waals surface area contributed by atoms with Crippen LogP contribution in [0.5, 0.6) is 0 Å². The molecule has 88 valence electrons. The second kappa shape index (κ2) is 4.69. The lowest BCUT2D eigenvalue weighted by atomic mass is 10.2. The number of hydrogen-bond acceptors (Lipinski definition) is 3. The van der Waals surface area contributed by atoms with Crippen molar-refractivity contribution in [1.29, 1.82) is 0 Å². The van der Waals surface area contributed by atoms with Crippen molar-refractivity contribution >= 4 is 34.1 Å². The average molecular weight is 250 g/mol. The third kappa shape index (κ3) is 2.54. The summed E-state index contributed by atoms with van der Waals surface area (Å²) in [5.41, 5.74) is 6.78.